The number of ether oxygens (including phenoxy) is 2. The number of carbonyl (C=O) groups is 3. The van der Waals surface area contributed by atoms with Crippen molar-refractivity contribution in [1.29, 1.82) is 0 Å². The van der Waals surface area contributed by atoms with Crippen LogP contribution in [-0.2, 0) is 4.79 Å². The Balaban J connectivity index is 2.39. The highest BCUT2D eigenvalue weighted by molar-refractivity contribution is 9.09. The smallest absolute Gasteiger partial charge is 0.308 e. The number of benzene rings is 2. The molecule has 5 nitrogen and oxygen atoms in total. The molecule has 0 aliphatic heterocycles. The van der Waals surface area contributed by atoms with Gasteiger partial charge in [0.15, 0.2) is 17.3 Å². The van der Waals surface area contributed by atoms with E-state index >= 15 is 0 Å². The van der Waals surface area contributed by atoms with Crippen LogP contribution in [0.4, 0.5) is 0 Å². The Morgan fingerprint density at radius 2 is 1.68 bits per heavy atom. The summed E-state index contributed by atoms with van der Waals surface area (Å²) in [5.74, 6) is -0.785. The molecule has 1 aliphatic carbocycles. The zero-order valence-corrected chi connectivity index (χ0v) is 15.5. The molecule has 0 saturated heterocycles. The summed E-state index contributed by atoms with van der Waals surface area (Å²) in [6, 6.07) is 8.13. The molecule has 0 N–H and O–H groups in total. The highest BCUT2D eigenvalue weighted by atomic mass is 79.9. The topological polar surface area (TPSA) is 69.7 Å². The molecule has 0 bridgehead atoms. The van der Waals surface area contributed by atoms with Crippen molar-refractivity contribution >= 4 is 33.5 Å². The van der Waals surface area contributed by atoms with Crippen LogP contribution in [0.2, 0.25) is 0 Å². The molecule has 0 fully saturated rings. The van der Waals surface area contributed by atoms with Crippen molar-refractivity contribution in [2.45, 2.75) is 18.7 Å². The van der Waals surface area contributed by atoms with Gasteiger partial charge in [0.25, 0.3) is 0 Å². The summed E-state index contributed by atoms with van der Waals surface area (Å²) in [6.45, 7) is 3.07. The van der Waals surface area contributed by atoms with Crippen molar-refractivity contribution < 1.29 is 23.9 Å². The Bertz CT molecular complexity index is 914. The summed E-state index contributed by atoms with van der Waals surface area (Å²) in [7, 11) is 1.46. The molecule has 0 radical (unpaired) electrons. The number of methoxy groups -OCH3 is 1. The molecule has 0 amide bonds. The first-order valence-electron chi connectivity index (χ1n) is 7.62. The first-order valence-corrected chi connectivity index (χ1v) is 8.54. The minimum atomic E-state index is -0.580. The number of hydrogen-bond acceptors (Lipinski definition) is 5. The van der Waals surface area contributed by atoms with Crippen LogP contribution in [0.15, 0.2) is 30.3 Å². The van der Waals surface area contributed by atoms with Gasteiger partial charge in [0, 0.05) is 28.4 Å². The monoisotopic (exact) mass is 402 g/mol. The molecule has 0 spiro atoms. The van der Waals surface area contributed by atoms with E-state index in [1.807, 2.05) is 6.92 Å². The van der Waals surface area contributed by atoms with E-state index in [9.17, 15) is 14.4 Å². The van der Waals surface area contributed by atoms with Gasteiger partial charge < -0.3 is 9.47 Å². The van der Waals surface area contributed by atoms with Crippen LogP contribution < -0.4 is 9.47 Å². The van der Waals surface area contributed by atoms with Crippen molar-refractivity contribution in [3.8, 4) is 11.5 Å². The number of fused-ring (bicyclic) bond motifs is 2. The number of rotatable bonds is 3. The van der Waals surface area contributed by atoms with E-state index < -0.39 is 5.97 Å². The maximum atomic E-state index is 13.0. The lowest BCUT2D eigenvalue weighted by molar-refractivity contribution is -0.131. The van der Waals surface area contributed by atoms with E-state index in [0.717, 1.165) is 0 Å². The molecule has 1 unspecified atom stereocenters. The van der Waals surface area contributed by atoms with Gasteiger partial charge in [-0.3, -0.25) is 14.4 Å². The van der Waals surface area contributed by atoms with E-state index in [1.165, 1.54) is 20.1 Å². The van der Waals surface area contributed by atoms with Gasteiger partial charge in [0.05, 0.1) is 18.2 Å². The third-order valence-electron chi connectivity index (χ3n) is 4.03. The average molecular weight is 403 g/mol. The number of ketones is 2. The first kappa shape index (κ1) is 17.4. The van der Waals surface area contributed by atoms with Crippen molar-refractivity contribution in [2.75, 3.05) is 7.11 Å². The molecule has 0 heterocycles. The van der Waals surface area contributed by atoms with Crippen molar-refractivity contribution in [3.63, 3.8) is 0 Å². The summed E-state index contributed by atoms with van der Waals surface area (Å²) >= 11 is 3.44. The summed E-state index contributed by atoms with van der Waals surface area (Å²) in [5.41, 5.74) is 1.41. The number of esters is 1. The number of carbonyl (C=O) groups excluding carboxylic acids is 3. The Hall–Kier alpha value is -2.47. The Labute approximate surface area is 153 Å². The van der Waals surface area contributed by atoms with E-state index in [2.05, 4.69) is 15.9 Å². The Morgan fingerprint density at radius 3 is 2.20 bits per heavy atom. The van der Waals surface area contributed by atoms with Gasteiger partial charge in [0.1, 0.15) is 5.75 Å². The predicted molar refractivity (Wildman–Crippen MR) is 95.0 cm³/mol. The highest BCUT2D eigenvalue weighted by Gasteiger charge is 2.36. The molecule has 3 rings (SSSR count). The number of halogens is 1. The number of alkyl halides is 1. The van der Waals surface area contributed by atoms with Crippen LogP contribution in [0.1, 0.15) is 56.1 Å². The molecule has 1 atom stereocenters. The second-order valence-corrected chi connectivity index (χ2v) is 7.03. The zero-order chi connectivity index (χ0) is 18.3. The predicted octanol–water partition coefficient (Wildman–Crippen LogP) is 3.85. The highest BCUT2D eigenvalue weighted by Crippen LogP contribution is 2.45. The van der Waals surface area contributed by atoms with Crippen molar-refractivity contribution in [1.82, 2.24) is 0 Å². The van der Waals surface area contributed by atoms with Gasteiger partial charge in [-0.1, -0.05) is 40.2 Å². The summed E-state index contributed by atoms with van der Waals surface area (Å²) < 4.78 is 10.7. The van der Waals surface area contributed by atoms with Crippen molar-refractivity contribution in [3.05, 3.63) is 58.1 Å². The maximum Gasteiger partial charge on any atom is 0.308 e. The molecule has 2 aromatic rings. The SMILES string of the molecule is COc1cc2c(c(OC(C)=O)c1C(C)Br)C(=O)c1ccccc1C2=O. The number of hydrogen-bond donors (Lipinski definition) is 0. The second-order valence-electron chi connectivity index (χ2n) is 5.66. The lowest BCUT2D eigenvalue weighted by Gasteiger charge is -2.24. The fraction of sp³-hybridized carbons (Fsp3) is 0.211. The van der Waals surface area contributed by atoms with Gasteiger partial charge in [0.2, 0.25) is 0 Å². The lowest BCUT2D eigenvalue weighted by Crippen LogP contribution is -2.23. The zero-order valence-electron chi connectivity index (χ0n) is 13.9. The van der Waals surface area contributed by atoms with Gasteiger partial charge in [-0.15, -0.1) is 0 Å². The van der Waals surface area contributed by atoms with Gasteiger partial charge in [-0.2, -0.15) is 0 Å². The maximum absolute atomic E-state index is 13.0. The largest absolute Gasteiger partial charge is 0.496 e. The molecule has 6 heteroatoms. The Morgan fingerprint density at radius 1 is 1.08 bits per heavy atom. The third kappa shape index (κ3) is 2.76. The van der Waals surface area contributed by atoms with Crippen LogP contribution in [0.3, 0.4) is 0 Å². The molecule has 0 aromatic heterocycles. The normalized spacial score (nSPS) is 13.8. The fourth-order valence-corrected chi connectivity index (χ4v) is 3.44. The van der Waals surface area contributed by atoms with Crippen LogP contribution in [0, 0.1) is 0 Å². The lowest BCUT2D eigenvalue weighted by atomic mass is 9.82. The fourth-order valence-electron chi connectivity index (χ4n) is 3.01. The summed E-state index contributed by atoms with van der Waals surface area (Å²) in [5, 5.41) is 0. The van der Waals surface area contributed by atoms with E-state index in [-0.39, 0.29) is 33.3 Å². The van der Waals surface area contributed by atoms with E-state index in [0.29, 0.717) is 22.4 Å². The van der Waals surface area contributed by atoms with E-state index in [4.69, 9.17) is 9.47 Å². The molecule has 1 aliphatic rings. The minimum Gasteiger partial charge on any atom is -0.496 e. The molecule has 2 aromatic carbocycles. The van der Waals surface area contributed by atoms with Gasteiger partial charge in [-0.25, -0.2) is 0 Å². The molecular weight excluding hydrogens is 388 g/mol. The molecule has 128 valence electrons. The summed E-state index contributed by atoms with van der Waals surface area (Å²) in [6.07, 6.45) is 0. The van der Waals surface area contributed by atoms with Gasteiger partial charge in [-0.05, 0) is 13.0 Å². The third-order valence-corrected chi connectivity index (χ3v) is 4.49. The van der Waals surface area contributed by atoms with Crippen LogP contribution in [0.5, 0.6) is 11.5 Å². The first-order chi connectivity index (χ1) is 11.9. The average Bonchev–Trinajstić information content (AvgIpc) is 2.57. The molecule has 25 heavy (non-hydrogen) atoms. The molecule has 0 saturated carbocycles. The standard InChI is InChI=1S/C19H15BrO5/c1-9(20)15-14(24-3)8-13-16(19(15)25-10(2)21)18(23)12-7-5-4-6-11(12)17(13)22/h4-9H,1-3H3. The molecular formula is C19H15BrO5. The van der Waals surface area contributed by atoms with Crippen LogP contribution >= 0.6 is 15.9 Å². The van der Waals surface area contributed by atoms with Crippen LogP contribution in [-0.4, -0.2) is 24.6 Å². The quantitative estimate of drug-likeness (QED) is 0.378. The van der Waals surface area contributed by atoms with E-state index in [1.54, 1.807) is 24.3 Å². The second kappa shape index (κ2) is 6.44. The van der Waals surface area contributed by atoms with Crippen molar-refractivity contribution in [2.24, 2.45) is 0 Å². The summed E-state index contributed by atoms with van der Waals surface area (Å²) in [4.78, 5) is 37.3. The minimum absolute atomic E-state index is 0.0686. The van der Waals surface area contributed by atoms with Gasteiger partial charge >= 0.3 is 5.97 Å². The Kier molecular flexibility index (Phi) is 4.47. The van der Waals surface area contributed by atoms with Crippen LogP contribution in [0.25, 0.3) is 0 Å².